The molecule has 0 aliphatic rings. The fourth-order valence-corrected chi connectivity index (χ4v) is 0.414. The number of aliphatic hydroxyl groups is 1. The maximum atomic E-state index is 11.6. The lowest BCUT2D eigenvalue weighted by atomic mass is 10.4. The number of hydrogen-bond acceptors (Lipinski definition) is 2. The summed E-state index contributed by atoms with van der Waals surface area (Å²) < 4.78 is 16.4. The second-order valence-corrected chi connectivity index (χ2v) is 2.28. The molecule has 0 bridgehead atoms. The fraction of sp³-hybridized carbons (Fsp3) is 0.714. The first kappa shape index (κ1) is 9.59. The monoisotopic (exact) mass is 148 g/mol. The molecule has 0 aromatic carbocycles. The lowest BCUT2D eigenvalue weighted by Crippen LogP contribution is -2.17. The zero-order valence-electron chi connectivity index (χ0n) is 6.14. The van der Waals surface area contributed by atoms with Crippen LogP contribution >= 0.6 is 0 Å². The average molecular weight is 148 g/mol. The summed E-state index contributed by atoms with van der Waals surface area (Å²) >= 11 is 0. The topological polar surface area (TPSA) is 29.5 Å². The Labute approximate surface area is 60.3 Å². The number of halogens is 1. The van der Waals surface area contributed by atoms with Gasteiger partial charge in [-0.3, -0.25) is 0 Å². The number of alkyl halides is 1. The molecule has 10 heavy (non-hydrogen) atoms. The highest BCUT2D eigenvalue weighted by Gasteiger charge is 2.01. The summed E-state index contributed by atoms with van der Waals surface area (Å²) in [6, 6.07) is 0. The molecule has 0 amide bonds. The molecule has 3 heteroatoms. The van der Waals surface area contributed by atoms with Gasteiger partial charge in [0.2, 0.25) is 0 Å². The fourth-order valence-electron chi connectivity index (χ4n) is 0.414. The Balaban J connectivity index is 3.11. The van der Waals surface area contributed by atoms with E-state index in [2.05, 4.69) is 6.58 Å². The molecule has 0 heterocycles. The summed E-state index contributed by atoms with van der Waals surface area (Å²) in [5.41, 5.74) is 0.867. The highest BCUT2D eigenvalue weighted by atomic mass is 19.1. The molecule has 2 nitrogen and oxygen atoms in total. The standard InChI is InChI=1S/C7H13FO2/c1-6(2)4-10-5-7(9)3-8/h7,9H,1,3-5H2,2H3. The van der Waals surface area contributed by atoms with Crippen molar-refractivity contribution in [1.82, 2.24) is 0 Å². The van der Waals surface area contributed by atoms with Gasteiger partial charge in [0, 0.05) is 0 Å². The highest BCUT2D eigenvalue weighted by molar-refractivity contribution is 4.87. The lowest BCUT2D eigenvalue weighted by Gasteiger charge is -2.06. The van der Waals surface area contributed by atoms with E-state index in [1.165, 1.54) is 0 Å². The van der Waals surface area contributed by atoms with Crippen LogP contribution in [0.1, 0.15) is 6.92 Å². The molecule has 60 valence electrons. The van der Waals surface area contributed by atoms with E-state index in [1.807, 2.05) is 6.92 Å². The van der Waals surface area contributed by atoms with Gasteiger partial charge in [0.1, 0.15) is 12.8 Å². The van der Waals surface area contributed by atoms with Crippen molar-refractivity contribution in [3.05, 3.63) is 12.2 Å². The van der Waals surface area contributed by atoms with Gasteiger partial charge in [0.05, 0.1) is 13.2 Å². The van der Waals surface area contributed by atoms with Gasteiger partial charge in [-0.2, -0.15) is 0 Å². The maximum absolute atomic E-state index is 11.6. The van der Waals surface area contributed by atoms with Crippen LogP contribution < -0.4 is 0 Å². The Morgan fingerprint density at radius 2 is 2.40 bits per heavy atom. The number of hydrogen-bond donors (Lipinski definition) is 1. The van der Waals surface area contributed by atoms with E-state index in [0.29, 0.717) is 6.61 Å². The van der Waals surface area contributed by atoms with Gasteiger partial charge in [-0.25, -0.2) is 4.39 Å². The Kier molecular flexibility index (Phi) is 5.16. The zero-order valence-corrected chi connectivity index (χ0v) is 6.14. The third-order valence-corrected chi connectivity index (χ3v) is 0.837. The summed E-state index contributed by atoms with van der Waals surface area (Å²) in [6.07, 6.45) is -0.987. The van der Waals surface area contributed by atoms with Crippen LogP contribution in [0.2, 0.25) is 0 Å². The smallest absolute Gasteiger partial charge is 0.118 e. The summed E-state index contributed by atoms with van der Waals surface area (Å²) in [5.74, 6) is 0. The Hall–Kier alpha value is -0.410. The molecule has 1 atom stereocenters. The van der Waals surface area contributed by atoms with Gasteiger partial charge in [-0.15, -0.1) is 0 Å². The average Bonchev–Trinajstić information content (AvgIpc) is 1.87. The van der Waals surface area contributed by atoms with Crippen LogP contribution in [0, 0.1) is 0 Å². The van der Waals surface area contributed by atoms with E-state index in [0.717, 1.165) is 5.57 Å². The molecule has 0 spiro atoms. The molecule has 0 aromatic rings. The first-order valence-corrected chi connectivity index (χ1v) is 3.13. The molecular formula is C7H13FO2. The lowest BCUT2D eigenvalue weighted by molar-refractivity contribution is 0.0329. The van der Waals surface area contributed by atoms with Crippen molar-refractivity contribution in [2.75, 3.05) is 19.9 Å². The van der Waals surface area contributed by atoms with Crippen LogP contribution in [0.5, 0.6) is 0 Å². The van der Waals surface area contributed by atoms with Crippen molar-refractivity contribution in [2.24, 2.45) is 0 Å². The second-order valence-electron chi connectivity index (χ2n) is 2.28. The van der Waals surface area contributed by atoms with Crippen molar-refractivity contribution < 1.29 is 14.2 Å². The van der Waals surface area contributed by atoms with Gasteiger partial charge in [0.25, 0.3) is 0 Å². The van der Waals surface area contributed by atoms with Crippen LogP contribution in [0.3, 0.4) is 0 Å². The largest absolute Gasteiger partial charge is 0.388 e. The number of aliphatic hydroxyl groups excluding tert-OH is 1. The summed E-state index contributed by atoms with van der Waals surface area (Å²) in [5, 5.41) is 8.64. The molecular weight excluding hydrogens is 135 g/mol. The third kappa shape index (κ3) is 5.72. The quantitative estimate of drug-likeness (QED) is 0.587. The zero-order chi connectivity index (χ0) is 7.98. The molecule has 0 radical (unpaired) electrons. The molecule has 0 saturated carbocycles. The molecule has 0 aliphatic carbocycles. The number of ether oxygens (including phenoxy) is 1. The van der Waals surface area contributed by atoms with Gasteiger partial charge < -0.3 is 9.84 Å². The first-order valence-electron chi connectivity index (χ1n) is 3.13. The first-order chi connectivity index (χ1) is 4.66. The Morgan fingerprint density at radius 1 is 1.80 bits per heavy atom. The van der Waals surface area contributed by atoms with Crippen LogP contribution in [-0.4, -0.2) is 31.1 Å². The minimum atomic E-state index is -0.987. The number of rotatable bonds is 5. The Bertz CT molecular complexity index is 104. The second kappa shape index (κ2) is 5.38. The van der Waals surface area contributed by atoms with Gasteiger partial charge in [0.15, 0.2) is 0 Å². The molecule has 1 unspecified atom stereocenters. The van der Waals surface area contributed by atoms with E-state index in [4.69, 9.17) is 9.84 Å². The minimum absolute atomic E-state index is 0.0450. The molecule has 0 fully saturated rings. The molecule has 0 aromatic heterocycles. The SMILES string of the molecule is C=C(C)COCC(O)CF. The normalized spacial score (nSPS) is 13.1. The van der Waals surface area contributed by atoms with E-state index in [1.54, 1.807) is 0 Å². The van der Waals surface area contributed by atoms with E-state index in [9.17, 15) is 4.39 Å². The molecule has 0 rings (SSSR count). The summed E-state index contributed by atoms with van der Waals surface area (Å²) in [7, 11) is 0. The van der Waals surface area contributed by atoms with Crippen molar-refractivity contribution >= 4 is 0 Å². The third-order valence-electron chi connectivity index (χ3n) is 0.837. The molecule has 1 N–H and O–H groups in total. The van der Waals surface area contributed by atoms with Gasteiger partial charge in [-0.1, -0.05) is 12.2 Å². The summed E-state index contributed by atoms with van der Waals surface area (Å²) in [4.78, 5) is 0. The van der Waals surface area contributed by atoms with Crippen molar-refractivity contribution in [2.45, 2.75) is 13.0 Å². The predicted octanol–water partition coefficient (Wildman–Crippen LogP) is 0.909. The van der Waals surface area contributed by atoms with E-state index < -0.39 is 12.8 Å². The van der Waals surface area contributed by atoms with Crippen molar-refractivity contribution in [1.29, 1.82) is 0 Å². The van der Waals surface area contributed by atoms with Crippen LogP contribution in [0.15, 0.2) is 12.2 Å². The van der Waals surface area contributed by atoms with Crippen LogP contribution in [0.4, 0.5) is 4.39 Å². The van der Waals surface area contributed by atoms with Crippen molar-refractivity contribution in [3.63, 3.8) is 0 Å². The van der Waals surface area contributed by atoms with Gasteiger partial charge in [-0.05, 0) is 6.92 Å². The molecule has 0 saturated heterocycles. The molecule has 0 aliphatic heterocycles. The van der Waals surface area contributed by atoms with Crippen LogP contribution in [0.25, 0.3) is 0 Å². The summed E-state index contributed by atoms with van der Waals surface area (Å²) in [6.45, 7) is 5.06. The van der Waals surface area contributed by atoms with E-state index >= 15 is 0 Å². The predicted molar refractivity (Wildman–Crippen MR) is 37.6 cm³/mol. The highest BCUT2D eigenvalue weighted by Crippen LogP contribution is 1.91. The van der Waals surface area contributed by atoms with Crippen molar-refractivity contribution in [3.8, 4) is 0 Å². The Morgan fingerprint density at radius 3 is 2.80 bits per heavy atom. The maximum Gasteiger partial charge on any atom is 0.118 e. The van der Waals surface area contributed by atoms with E-state index in [-0.39, 0.29) is 6.61 Å². The van der Waals surface area contributed by atoms with Gasteiger partial charge >= 0.3 is 0 Å². The minimum Gasteiger partial charge on any atom is -0.388 e. The van der Waals surface area contributed by atoms with Crippen LogP contribution in [-0.2, 0) is 4.74 Å².